The third-order valence-corrected chi connectivity index (χ3v) is 3.17. The van der Waals surface area contributed by atoms with Crippen LogP contribution in [0.25, 0.3) is 0 Å². The Hall–Kier alpha value is -2.61. The van der Waals surface area contributed by atoms with Gasteiger partial charge in [0.1, 0.15) is 6.61 Å². The molecule has 2 aromatic rings. The fourth-order valence-electron chi connectivity index (χ4n) is 2.21. The first kappa shape index (κ1) is 15.8. The van der Waals surface area contributed by atoms with Crippen LogP contribution in [0.5, 0.6) is 0 Å². The molecule has 112 valence electrons. The average molecular weight is 295 g/mol. The van der Waals surface area contributed by atoms with Crippen LogP contribution in [0.15, 0.2) is 54.6 Å². The number of carbonyl (C=O) groups is 1. The Bertz CT molecular complexity index is 686. The molecule has 4 nitrogen and oxygen atoms in total. The summed E-state index contributed by atoms with van der Waals surface area (Å²) in [6.07, 6.45) is 0. The van der Waals surface area contributed by atoms with Crippen molar-refractivity contribution >= 4 is 5.91 Å². The van der Waals surface area contributed by atoms with Crippen LogP contribution in [0.4, 0.5) is 0 Å². The van der Waals surface area contributed by atoms with Crippen LogP contribution in [0, 0.1) is 11.8 Å². The summed E-state index contributed by atoms with van der Waals surface area (Å²) in [5, 5.41) is 9.03. The number of methoxy groups -OCH3 is 1. The lowest BCUT2D eigenvalue weighted by Gasteiger charge is -2.16. The molecule has 1 atom stereocenters. The van der Waals surface area contributed by atoms with Gasteiger partial charge in [-0.1, -0.05) is 54.3 Å². The molecule has 2 N–H and O–H groups in total. The Labute approximate surface area is 129 Å². The van der Waals surface area contributed by atoms with Crippen LogP contribution < -0.4 is 5.48 Å². The number of hydrogen-bond donors (Lipinski definition) is 2. The highest BCUT2D eigenvalue weighted by Crippen LogP contribution is 2.25. The van der Waals surface area contributed by atoms with Crippen molar-refractivity contribution in [2.75, 3.05) is 13.7 Å². The normalized spacial score (nSPS) is 11.2. The van der Waals surface area contributed by atoms with E-state index in [1.807, 2.05) is 54.6 Å². The first-order valence-electron chi connectivity index (χ1n) is 6.83. The van der Waals surface area contributed by atoms with Gasteiger partial charge in [0, 0.05) is 12.7 Å². The van der Waals surface area contributed by atoms with E-state index in [-0.39, 0.29) is 0 Å². The minimum Gasteiger partial charge on any atom is -0.372 e. The van der Waals surface area contributed by atoms with E-state index in [0.29, 0.717) is 6.61 Å². The van der Waals surface area contributed by atoms with Gasteiger partial charge in [0.25, 0.3) is 5.91 Å². The van der Waals surface area contributed by atoms with E-state index in [0.717, 1.165) is 16.7 Å². The number of ether oxygens (including phenoxy) is 1. The van der Waals surface area contributed by atoms with E-state index in [9.17, 15) is 4.79 Å². The summed E-state index contributed by atoms with van der Waals surface area (Å²) in [6.45, 7) is 0.351. The van der Waals surface area contributed by atoms with Gasteiger partial charge >= 0.3 is 0 Å². The largest absolute Gasteiger partial charge is 0.372 e. The third kappa shape index (κ3) is 3.95. The Morgan fingerprint density at radius 2 is 1.91 bits per heavy atom. The van der Waals surface area contributed by atoms with Gasteiger partial charge in [-0.2, -0.15) is 0 Å². The van der Waals surface area contributed by atoms with E-state index < -0.39 is 11.8 Å². The quantitative estimate of drug-likeness (QED) is 0.517. The number of nitrogens with one attached hydrogen (secondary N) is 1. The standard InChI is InChI=1S/C18H17NO3/c1-22-12-6-8-14-7-5-11-16(13-14)17(18(20)19-21)15-9-3-2-4-10-15/h2-5,7,9-11,13,17,21H,12H2,1H3,(H,19,20). The molecule has 0 aliphatic carbocycles. The van der Waals surface area contributed by atoms with E-state index in [1.165, 1.54) is 0 Å². The number of amides is 1. The molecule has 0 saturated carbocycles. The molecular weight excluding hydrogens is 278 g/mol. The first-order chi connectivity index (χ1) is 10.8. The number of benzene rings is 2. The molecule has 2 rings (SSSR count). The lowest BCUT2D eigenvalue weighted by molar-refractivity contribution is -0.129. The molecular formula is C18H17NO3. The number of rotatable bonds is 4. The maximum Gasteiger partial charge on any atom is 0.255 e. The zero-order chi connectivity index (χ0) is 15.8. The molecule has 0 heterocycles. The lowest BCUT2D eigenvalue weighted by Crippen LogP contribution is -2.27. The van der Waals surface area contributed by atoms with Crippen LogP contribution in [-0.2, 0) is 9.53 Å². The maximum atomic E-state index is 12.1. The van der Waals surface area contributed by atoms with Crippen molar-refractivity contribution in [3.8, 4) is 11.8 Å². The molecule has 2 aromatic carbocycles. The fourth-order valence-corrected chi connectivity index (χ4v) is 2.21. The first-order valence-corrected chi connectivity index (χ1v) is 6.83. The minimum absolute atomic E-state index is 0.351. The van der Waals surface area contributed by atoms with E-state index in [1.54, 1.807) is 12.6 Å². The Morgan fingerprint density at radius 3 is 2.59 bits per heavy atom. The summed E-state index contributed by atoms with van der Waals surface area (Å²) in [4.78, 5) is 12.1. The SMILES string of the molecule is COCC#Cc1cccc(C(C(=O)NO)c2ccccc2)c1. The van der Waals surface area contributed by atoms with Gasteiger partial charge in [-0.25, -0.2) is 5.48 Å². The number of hydroxylamine groups is 1. The molecule has 0 radical (unpaired) electrons. The second-order valence-corrected chi connectivity index (χ2v) is 4.68. The molecule has 0 aliphatic rings. The highest BCUT2D eigenvalue weighted by atomic mass is 16.5. The van der Waals surface area contributed by atoms with Gasteiger partial charge in [-0.3, -0.25) is 10.0 Å². The summed E-state index contributed by atoms with van der Waals surface area (Å²) < 4.78 is 4.90. The molecule has 1 amide bonds. The molecule has 1 unspecified atom stereocenters. The van der Waals surface area contributed by atoms with Crippen LogP contribution >= 0.6 is 0 Å². The van der Waals surface area contributed by atoms with Gasteiger partial charge in [0.15, 0.2) is 0 Å². The zero-order valence-electron chi connectivity index (χ0n) is 12.2. The van der Waals surface area contributed by atoms with Crippen LogP contribution in [0.3, 0.4) is 0 Å². The van der Waals surface area contributed by atoms with Crippen molar-refractivity contribution in [3.63, 3.8) is 0 Å². The van der Waals surface area contributed by atoms with Crippen molar-refractivity contribution in [1.82, 2.24) is 5.48 Å². The average Bonchev–Trinajstić information content (AvgIpc) is 2.56. The molecule has 0 saturated heterocycles. The van der Waals surface area contributed by atoms with Gasteiger partial charge in [-0.15, -0.1) is 0 Å². The topological polar surface area (TPSA) is 58.6 Å². The molecule has 4 heteroatoms. The van der Waals surface area contributed by atoms with E-state index >= 15 is 0 Å². The van der Waals surface area contributed by atoms with Crippen LogP contribution in [0.2, 0.25) is 0 Å². The minimum atomic E-state index is -0.588. The molecule has 0 spiro atoms. The van der Waals surface area contributed by atoms with Gasteiger partial charge < -0.3 is 4.74 Å². The van der Waals surface area contributed by atoms with E-state index in [2.05, 4.69) is 11.8 Å². The summed E-state index contributed by atoms with van der Waals surface area (Å²) in [5.41, 5.74) is 4.10. The van der Waals surface area contributed by atoms with Crippen molar-refractivity contribution in [2.45, 2.75) is 5.92 Å². The van der Waals surface area contributed by atoms with Gasteiger partial charge in [0.05, 0.1) is 5.92 Å². The Balaban J connectivity index is 2.39. The summed E-state index contributed by atoms with van der Waals surface area (Å²) in [7, 11) is 1.59. The molecule has 0 aliphatic heterocycles. The van der Waals surface area contributed by atoms with E-state index in [4.69, 9.17) is 9.94 Å². The summed E-state index contributed by atoms with van der Waals surface area (Å²) >= 11 is 0. The van der Waals surface area contributed by atoms with Crippen molar-refractivity contribution in [2.24, 2.45) is 0 Å². The number of hydrogen-bond acceptors (Lipinski definition) is 3. The maximum absolute atomic E-state index is 12.1. The smallest absolute Gasteiger partial charge is 0.255 e. The molecule has 0 aromatic heterocycles. The van der Waals surface area contributed by atoms with Crippen molar-refractivity contribution in [3.05, 3.63) is 71.3 Å². The zero-order valence-corrected chi connectivity index (χ0v) is 12.2. The second-order valence-electron chi connectivity index (χ2n) is 4.68. The van der Waals surface area contributed by atoms with Gasteiger partial charge in [-0.05, 0) is 23.3 Å². The fraction of sp³-hybridized carbons (Fsp3) is 0.167. The third-order valence-electron chi connectivity index (χ3n) is 3.17. The molecule has 22 heavy (non-hydrogen) atoms. The van der Waals surface area contributed by atoms with Gasteiger partial charge in [0.2, 0.25) is 0 Å². The highest BCUT2D eigenvalue weighted by molar-refractivity contribution is 5.86. The summed E-state index contributed by atoms with van der Waals surface area (Å²) in [5.74, 6) is 4.79. The Morgan fingerprint density at radius 1 is 1.18 bits per heavy atom. The highest BCUT2D eigenvalue weighted by Gasteiger charge is 2.22. The monoisotopic (exact) mass is 295 g/mol. The lowest BCUT2D eigenvalue weighted by atomic mass is 9.90. The predicted octanol–water partition coefficient (Wildman–Crippen LogP) is 2.32. The molecule has 0 fully saturated rings. The molecule has 0 bridgehead atoms. The Kier molecular flexibility index (Phi) is 5.73. The van der Waals surface area contributed by atoms with Crippen LogP contribution in [-0.4, -0.2) is 24.8 Å². The predicted molar refractivity (Wildman–Crippen MR) is 83.4 cm³/mol. The van der Waals surface area contributed by atoms with Crippen LogP contribution in [0.1, 0.15) is 22.6 Å². The summed E-state index contributed by atoms with van der Waals surface area (Å²) in [6, 6.07) is 16.7. The van der Waals surface area contributed by atoms with Crippen molar-refractivity contribution < 1.29 is 14.7 Å². The number of carbonyl (C=O) groups excluding carboxylic acids is 1. The second kappa shape index (κ2) is 7.99. The van der Waals surface area contributed by atoms with Crippen molar-refractivity contribution in [1.29, 1.82) is 0 Å².